The first-order chi connectivity index (χ1) is 14.0. The van der Waals surface area contributed by atoms with Gasteiger partial charge in [0.05, 0.1) is 38.6 Å². The van der Waals surface area contributed by atoms with Crippen molar-refractivity contribution in [3.05, 3.63) is 47.0 Å². The van der Waals surface area contributed by atoms with Gasteiger partial charge in [-0.3, -0.25) is 9.59 Å². The van der Waals surface area contributed by atoms with E-state index in [-0.39, 0.29) is 5.91 Å². The molecule has 0 aliphatic heterocycles. The number of amides is 1. The fourth-order valence-corrected chi connectivity index (χ4v) is 2.73. The second-order valence-corrected chi connectivity index (χ2v) is 6.26. The molecule has 0 saturated heterocycles. The third kappa shape index (κ3) is 5.36. The highest BCUT2D eigenvalue weighted by Gasteiger charge is 2.14. The molecule has 7 nitrogen and oxygen atoms in total. The number of hydrogen-bond donors (Lipinski definition) is 2. The number of hydrogen-bond acceptors (Lipinski definition) is 6. The first-order valence-corrected chi connectivity index (χ1v) is 9.11. The number of anilines is 1. The molecule has 0 aliphatic carbocycles. The molecule has 1 atom stereocenters. The number of methoxy groups -OCH3 is 3. The van der Waals surface area contributed by atoms with Gasteiger partial charge >= 0.3 is 0 Å². The normalized spacial score (nSPS) is 11.8. The molecule has 2 rings (SSSR count). The van der Waals surface area contributed by atoms with Gasteiger partial charge in [-0.1, -0.05) is 25.1 Å². The van der Waals surface area contributed by atoms with Crippen LogP contribution in [0.5, 0.6) is 17.2 Å². The van der Waals surface area contributed by atoms with Crippen molar-refractivity contribution in [1.82, 2.24) is 0 Å². The van der Waals surface area contributed by atoms with Gasteiger partial charge in [0.1, 0.15) is 5.75 Å². The Morgan fingerprint density at radius 2 is 1.72 bits per heavy atom. The lowest BCUT2D eigenvalue weighted by atomic mass is 10.1. The summed E-state index contributed by atoms with van der Waals surface area (Å²) < 4.78 is 15.9. The molecule has 3 N–H and O–H groups in total. The van der Waals surface area contributed by atoms with Crippen molar-refractivity contribution in [2.75, 3.05) is 26.6 Å². The number of rotatable bonds is 9. The maximum atomic E-state index is 12.1. The molecule has 0 spiro atoms. The van der Waals surface area contributed by atoms with Crippen LogP contribution in [0.1, 0.15) is 34.8 Å². The topological polar surface area (TPSA) is 99.9 Å². The highest BCUT2D eigenvalue weighted by Crippen LogP contribution is 2.32. The molecule has 2 aromatic rings. The summed E-state index contributed by atoms with van der Waals surface area (Å²) in [5.41, 5.74) is 8.30. The average molecular weight is 398 g/mol. The van der Waals surface area contributed by atoms with E-state index in [4.69, 9.17) is 19.9 Å². The molecule has 0 bridgehead atoms. The maximum Gasteiger partial charge on any atom is 0.241 e. The molecular formula is C22H26N2O5. The molecule has 0 heterocycles. The van der Waals surface area contributed by atoms with E-state index < -0.39 is 6.04 Å². The zero-order valence-electron chi connectivity index (χ0n) is 17.0. The van der Waals surface area contributed by atoms with Gasteiger partial charge in [-0.2, -0.15) is 0 Å². The van der Waals surface area contributed by atoms with Crippen LogP contribution in [0.15, 0.2) is 30.3 Å². The van der Waals surface area contributed by atoms with Crippen LogP contribution >= 0.6 is 0 Å². The molecule has 154 valence electrons. The number of ether oxygens (including phenoxy) is 3. The molecule has 0 fully saturated rings. The van der Waals surface area contributed by atoms with E-state index in [0.717, 1.165) is 17.4 Å². The lowest BCUT2D eigenvalue weighted by Crippen LogP contribution is -2.34. The van der Waals surface area contributed by atoms with Crippen molar-refractivity contribution in [2.24, 2.45) is 5.73 Å². The number of benzene rings is 2. The summed E-state index contributed by atoms with van der Waals surface area (Å²) in [6, 6.07) is 8.29. The fraction of sp³-hybridized carbons (Fsp3) is 0.273. The minimum absolute atomic E-state index is 0.276. The number of carbonyl (C=O) groups is 2. The molecule has 2 aromatic carbocycles. The van der Waals surface area contributed by atoms with Crippen molar-refractivity contribution < 1.29 is 23.8 Å². The Balaban J connectivity index is 2.34. The van der Waals surface area contributed by atoms with Crippen molar-refractivity contribution >= 4 is 30.0 Å². The van der Waals surface area contributed by atoms with Crippen molar-refractivity contribution in [2.45, 2.75) is 19.4 Å². The van der Waals surface area contributed by atoms with Gasteiger partial charge in [0.25, 0.3) is 0 Å². The first kappa shape index (κ1) is 22.0. The van der Waals surface area contributed by atoms with E-state index in [9.17, 15) is 9.59 Å². The van der Waals surface area contributed by atoms with Crippen LogP contribution in [0, 0.1) is 0 Å². The van der Waals surface area contributed by atoms with Gasteiger partial charge < -0.3 is 25.3 Å². The fourth-order valence-electron chi connectivity index (χ4n) is 2.73. The van der Waals surface area contributed by atoms with Gasteiger partial charge in [-0.05, 0) is 41.8 Å². The quantitative estimate of drug-likeness (QED) is 0.496. The van der Waals surface area contributed by atoms with Gasteiger partial charge in [0.2, 0.25) is 5.91 Å². The third-order valence-electron chi connectivity index (χ3n) is 4.38. The standard InChI is InChI=1S/C22H26N2O5/c1-5-17(23)22(26)24-18-11-14(8-9-19(18)27-2)6-7-15-10-16(13-25)21(29-4)20(12-15)28-3/h6-13,17H,5,23H2,1-4H3,(H,24,26)/b7-6+. The monoisotopic (exact) mass is 398 g/mol. The lowest BCUT2D eigenvalue weighted by Gasteiger charge is -2.14. The van der Waals surface area contributed by atoms with Gasteiger partial charge in [-0.25, -0.2) is 0 Å². The maximum absolute atomic E-state index is 12.1. The Kier molecular flexibility index (Phi) is 7.79. The lowest BCUT2D eigenvalue weighted by molar-refractivity contribution is -0.117. The number of nitrogens with one attached hydrogen (secondary N) is 1. The van der Waals surface area contributed by atoms with Crippen LogP contribution in [0.4, 0.5) is 5.69 Å². The zero-order valence-corrected chi connectivity index (χ0v) is 17.0. The largest absolute Gasteiger partial charge is 0.495 e. The summed E-state index contributed by atoms with van der Waals surface area (Å²) >= 11 is 0. The molecule has 0 aliphatic rings. The molecule has 1 unspecified atom stereocenters. The van der Waals surface area contributed by atoms with Crippen LogP contribution in [-0.2, 0) is 4.79 Å². The Labute approximate surface area is 170 Å². The molecule has 0 aromatic heterocycles. The Hall–Kier alpha value is -3.32. The van der Waals surface area contributed by atoms with E-state index >= 15 is 0 Å². The average Bonchev–Trinajstić information content (AvgIpc) is 2.76. The van der Waals surface area contributed by atoms with Gasteiger partial charge in [-0.15, -0.1) is 0 Å². The highest BCUT2D eigenvalue weighted by atomic mass is 16.5. The predicted octanol–water partition coefficient (Wildman–Crippen LogP) is 3.37. The minimum atomic E-state index is -0.590. The van der Waals surface area contributed by atoms with E-state index in [1.54, 1.807) is 24.3 Å². The SMILES string of the molecule is CCC(N)C(=O)Nc1cc(/C=C/c2cc(C=O)c(OC)c(OC)c2)ccc1OC. The number of aldehydes is 1. The highest BCUT2D eigenvalue weighted by molar-refractivity contribution is 5.96. The van der Waals surface area contributed by atoms with E-state index in [0.29, 0.717) is 34.9 Å². The molecule has 0 radical (unpaired) electrons. The third-order valence-corrected chi connectivity index (χ3v) is 4.38. The Morgan fingerprint density at radius 1 is 1.03 bits per heavy atom. The molecular weight excluding hydrogens is 372 g/mol. The smallest absolute Gasteiger partial charge is 0.241 e. The van der Waals surface area contributed by atoms with Crippen molar-refractivity contribution in [1.29, 1.82) is 0 Å². The summed E-state index contributed by atoms with van der Waals surface area (Å²) in [5, 5.41) is 2.80. The summed E-state index contributed by atoms with van der Waals surface area (Å²) in [5.74, 6) is 1.12. The molecule has 7 heteroatoms. The van der Waals surface area contributed by atoms with E-state index in [1.165, 1.54) is 21.3 Å². The van der Waals surface area contributed by atoms with E-state index in [2.05, 4.69) is 5.32 Å². The second-order valence-electron chi connectivity index (χ2n) is 6.26. The molecule has 29 heavy (non-hydrogen) atoms. The second kappa shape index (κ2) is 10.3. The molecule has 0 saturated carbocycles. The minimum Gasteiger partial charge on any atom is -0.495 e. The van der Waals surface area contributed by atoms with Crippen LogP contribution in [0.3, 0.4) is 0 Å². The summed E-state index contributed by atoms with van der Waals surface area (Å²) in [7, 11) is 4.53. The predicted molar refractivity (Wildman–Crippen MR) is 114 cm³/mol. The van der Waals surface area contributed by atoms with Crippen LogP contribution in [0.25, 0.3) is 12.2 Å². The van der Waals surface area contributed by atoms with E-state index in [1.807, 2.05) is 25.1 Å². The van der Waals surface area contributed by atoms with Gasteiger partial charge in [0, 0.05) is 0 Å². The van der Waals surface area contributed by atoms with Crippen LogP contribution in [0.2, 0.25) is 0 Å². The van der Waals surface area contributed by atoms with Crippen LogP contribution < -0.4 is 25.3 Å². The van der Waals surface area contributed by atoms with Gasteiger partial charge in [0.15, 0.2) is 17.8 Å². The van der Waals surface area contributed by atoms with Crippen LogP contribution in [-0.4, -0.2) is 39.6 Å². The first-order valence-electron chi connectivity index (χ1n) is 9.11. The zero-order chi connectivity index (χ0) is 21.4. The number of nitrogens with two attached hydrogens (primary N) is 1. The van der Waals surface area contributed by atoms with Crippen molar-refractivity contribution in [3.63, 3.8) is 0 Å². The summed E-state index contributed by atoms with van der Waals surface area (Å²) in [4.78, 5) is 23.5. The van der Waals surface area contributed by atoms with Crippen molar-refractivity contribution in [3.8, 4) is 17.2 Å². The summed E-state index contributed by atoms with van der Waals surface area (Å²) in [6.45, 7) is 1.84. The number of carbonyl (C=O) groups excluding carboxylic acids is 2. The molecule has 1 amide bonds. The summed E-state index contributed by atoms with van der Waals surface area (Å²) in [6.07, 6.45) is 4.94. The Bertz CT molecular complexity index is 908. The Morgan fingerprint density at radius 3 is 2.31 bits per heavy atom.